The number of aromatic nitrogens is 2. The van der Waals surface area contributed by atoms with E-state index in [2.05, 4.69) is 14.7 Å². The Morgan fingerprint density at radius 1 is 1.80 bits per heavy atom. The van der Waals surface area contributed by atoms with E-state index in [-0.39, 0.29) is 17.6 Å². The van der Waals surface area contributed by atoms with Gasteiger partial charge in [-0.15, -0.1) is 11.6 Å². The lowest BCUT2D eigenvalue weighted by molar-refractivity contribution is 0.0680. The number of alkyl halides is 1. The van der Waals surface area contributed by atoms with Gasteiger partial charge in [-0.2, -0.15) is 4.98 Å². The molecule has 0 spiro atoms. The van der Waals surface area contributed by atoms with Crippen molar-refractivity contribution < 1.29 is 14.4 Å². The van der Waals surface area contributed by atoms with Crippen LogP contribution in [0.1, 0.15) is 16.5 Å². The lowest BCUT2D eigenvalue weighted by Gasteiger charge is -1.76. The van der Waals surface area contributed by atoms with Gasteiger partial charge >= 0.3 is 5.97 Å². The van der Waals surface area contributed by atoms with Gasteiger partial charge in [-0.05, 0) is 5.16 Å². The van der Waals surface area contributed by atoms with E-state index in [0.717, 1.165) is 0 Å². The summed E-state index contributed by atoms with van der Waals surface area (Å²) >= 11 is 5.26. The molecule has 0 saturated heterocycles. The fourth-order valence-corrected chi connectivity index (χ4v) is 0.505. The monoisotopic (exact) mass is 162 g/mol. The van der Waals surface area contributed by atoms with Gasteiger partial charge in [-0.3, -0.25) is 0 Å². The van der Waals surface area contributed by atoms with Crippen molar-refractivity contribution in [2.75, 3.05) is 0 Å². The van der Waals surface area contributed by atoms with Crippen molar-refractivity contribution in [2.24, 2.45) is 0 Å². The zero-order valence-corrected chi connectivity index (χ0v) is 5.50. The van der Waals surface area contributed by atoms with Gasteiger partial charge in [0.25, 0.3) is 5.82 Å². The number of hydrogen-bond donors (Lipinski definition) is 1. The van der Waals surface area contributed by atoms with Crippen molar-refractivity contribution in [3.8, 4) is 0 Å². The lowest BCUT2D eigenvalue weighted by Crippen LogP contribution is -1.98. The fraction of sp³-hybridized carbons (Fsp3) is 0.250. The molecular weight excluding hydrogens is 160 g/mol. The van der Waals surface area contributed by atoms with Crippen molar-refractivity contribution in [3.63, 3.8) is 0 Å². The predicted molar refractivity (Wildman–Crippen MR) is 30.8 cm³/mol. The lowest BCUT2D eigenvalue weighted by atomic mass is 10.6. The number of carboxylic acids is 1. The minimum absolute atomic E-state index is 0.0281. The molecule has 0 amide bonds. The van der Waals surface area contributed by atoms with Gasteiger partial charge in [-0.25, -0.2) is 4.79 Å². The van der Waals surface area contributed by atoms with E-state index in [0.29, 0.717) is 0 Å². The van der Waals surface area contributed by atoms with Gasteiger partial charge < -0.3 is 9.63 Å². The van der Waals surface area contributed by atoms with Crippen LogP contribution >= 0.6 is 11.6 Å². The van der Waals surface area contributed by atoms with Crippen LogP contribution in [0.15, 0.2) is 4.52 Å². The second kappa shape index (κ2) is 2.66. The Balaban J connectivity index is 2.88. The van der Waals surface area contributed by atoms with Gasteiger partial charge in [-0.1, -0.05) is 0 Å². The average molecular weight is 163 g/mol. The Morgan fingerprint density at radius 3 is 2.80 bits per heavy atom. The number of rotatable bonds is 2. The van der Waals surface area contributed by atoms with Crippen LogP contribution in [-0.4, -0.2) is 21.2 Å². The first kappa shape index (κ1) is 7.01. The molecule has 0 aliphatic rings. The molecule has 0 aliphatic carbocycles. The van der Waals surface area contributed by atoms with Crippen LogP contribution in [0.5, 0.6) is 0 Å². The summed E-state index contributed by atoms with van der Waals surface area (Å²) in [5.74, 6) is -1.45. The molecule has 0 saturated carbocycles. The topological polar surface area (TPSA) is 76.2 Å². The molecule has 0 bridgehead atoms. The Morgan fingerprint density at radius 2 is 2.50 bits per heavy atom. The van der Waals surface area contributed by atoms with Gasteiger partial charge in [0.2, 0.25) is 5.89 Å². The molecule has 10 heavy (non-hydrogen) atoms. The van der Waals surface area contributed by atoms with E-state index >= 15 is 0 Å². The highest BCUT2D eigenvalue weighted by Gasteiger charge is 2.10. The quantitative estimate of drug-likeness (QED) is 0.641. The number of aromatic carboxylic acids is 1. The average Bonchev–Trinajstić information content (AvgIpc) is 2.34. The minimum Gasteiger partial charge on any atom is -0.475 e. The summed E-state index contributed by atoms with van der Waals surface area (Å²) in [7, 11) is 0. The molecule has 0 unspecified atom stereocenters. The first-order valence-corrected chi connectivity index (χ1v) is 2.89. The molecular formula is C4H3ClN2O3. The summed E-state index contributed by atoms with van der Waals surface area (Å²) in [4.78, 5) is 13.5. The van der Waals surface area contributed by atoms with Crippen molar-refractivity contribution in [1.29, 1.82) is 0 Å². The second-order valence-electron chi connectivity index (χ2n) is 1.45. The van der Waals surface area contributed by atoms with E-state index in [1.807, 2.05) is 0 Å². The molecule has 0 radical (unpaired) electrons. The first-order valence-electron chi connectivity index (χ1n) is 2.36. The van der Waals surface area contributed by atoms with Crippen molar-refractivity contribution in [3.05, 3.63) is 11.7 Å². The zero-order chi connectivity index (χ0) is 7.56. The van der Waals surface area contributed by atoms with Crippen LogP contribution in [0.25, 0.3) is 0 Å². The highest BCUT2D eigenvalue weighted by atomic mass is 35.5. The number of carbonyl (C=O) groups is 1. The van der Waals surface area contributed by atoms with Crippen molar-refractivity contribution >= 4 is 17.6 Å². The fourth-order valence-electron chi connectivity index (χ4n) is 0.396. The Kier molecular flexibility index (Phi) is 1.86. The van der Waals surface area contributed by atoms with E-state index < -0.39 is 5.97 Å². The van der Waals surface area contributed by atoms with Gasteiger partial charge in [0, 0.05) is 0 Å². The van der Waals surface area contributed by atoms with Crippen LogP contribution in [0, 0.1) is 0 Å². The second-order valence-corrected chi connectivity index (χ2v) is 1.72. The molecule has 6 heteroatoms. The zero-order valence-electron chi connectivity index (χ0n) is 4.74. The Hall–Kier alpha value is -1.10. The minimum atomic E-state index is -1.22. The standard InChI is InChI=1S/C4H3ClN2O3/c5-1-2-6-3(4(8)9)7-10-2/h1H2,(H,8,9). The number of halogens is 1. The highest BCUT2D eigenvalue weighted by Crippen LogP contribution is 1.99. The maximum Gasteiger partial charge on any atom is 0.377 e. The summed E-state index contributed by atoms with van der Waals surface area (Å²) in [6.07, 6.45) is 0. The molecule has 54 valence electrons. The molecule has 0 atom stereocenters. The number of carboxylic acid groups (broad SMARTS) is 1. The molecule has 1 N–H and O–H groups in total. The van der Waals surface area contributed by atoms with Gasteiger partial charge in [0.05, 0.1) is 0 Å². The van der Waals surface area contributed by atoms with Crippen LogP contribution in [-0.2, 0) is 5.88 Å². The third-order valence-electron chi connectivity index (χ3n) is 0.774. The van der Waals surface area contributed by atoms with E-state index in [9.17, 15) is 4.79 Å². The smallest absolute Gasteiger partial charge is 0.377 e. The third-order valence-corrected chi connectivity index (χ3v) is 1.00. The SMILES string of the molecule is O=C(O)c1noc(CCl)n1. The van der Waals surface area contributed by atoms with E-state index in [1.165, 1.54) is 0 Å². The van der Waals surface area contributed by atoms with Gasteiger partial charge in [0.15, 0.2) is 0 Å². The normalized spacial score (nSPS) is 9.70. The molecule has 1 aromatic rings. The molecule has 1 heterocycles. The molecule has 0 fully saturated rings. The van der Waals surface area contributed by atoms with E-state index in [4.69, 9.17) is 16.7 Å². The first-order chi connectivity index (χ1) is 4.74. The van der Waals surface area contributed by atoms with Crippen LogP contribution in [0.3, 0.4) is 0 Å². The van der Waals surface area contributed by atoms with Crippen LogP contribution in [0.2, 0.25) is 0 Å². The molecule has 1 rings (SSSR count). The summed E-state index contributed by atoms with van der Waals surface area (Å²) in [5, 5.41) is 11.4. The summed E-state index contributed by atoms with van der Waals surface area (Å²) in [6.45, 7) is 0. The van der Waals surface area contributed by atoms with E-state index in [1.54, 1.807) is 0 Å². The summed E-state index contributed by atoms with van der Waals surface area (Å²) < 4.78 is 4.40. The maximum absolute atomic E-state index is 10.1. The van der Waals surface area contributed by atoms with Crippen molar-refractivity contribution in [1.82, 2.24) is 10.1 Å². The van der Waals surface area contributed by atoms with Crippen LogP contribution < -0.4 is 0 Å². The van der Waals surface area contributed by atoms with Gasteiger partial charge in [0.1, 0.15) is 5.88 Å². The number of nitrogens with zero attached hydrogens (tertiary/aromatic N) is 2. The maximum atomic E-state index is 10.1. The highest BCUT2D eigenvalue weighted by molar-refractivity contribution is 6.16. The molecule has 5 nitrogen and oxygen atoms in total. The number of hydrogen-bond acceptors (Lipinski definition) is 4. The summed E-state index contributed by atoms with van der Waals surface area (Å²) in [6, 6.07) is 0. The Bertz CT molecular complexity index is 246. The molecule has 0 aliphatic heterocycles. The Labute approximate surface area is 60.6 Å². The van der Waals surface area contributed by atoms with Crippen LogP contribution in [0.4, 0.5) is 0 Å². The summed E-state index contributed by atoms with van der Waals surface area (Å²) in [5.41, 5.74) is 0. The third kappa shape index (κ3) is 1.24. The molecule has 1 aromatic heterocycles. The largest absolute Gasteiger partial charge is 0.475 e. The predicted octanol–water partition coefficient (Wildman–Crippen LogP) is 0.507. The molecule has 0 aromatic carbocycles. The van der Waals surface area contributed by atoms with Crippen molar-refractivity contribution in [2.45, 2.75) is 5.88 Å².